The first-order valence-electron chi connectivity index (χ1n) is 13.7. The highest BCUT2D eigenvalue weighted by molar-refractivity contribution is 7.98. The summed E-state index contributed by atoms with van der Waals surface area (Å²) in [5.74, 6) is 0.530. The number of ether oxygens (including phenoxy) is 3. The van der Waals surface area contributed by atoms with Crippen molar-refractivity contribution >= 4 is 58.3 Å². The minimum absolute atomic E-state index is 0.225. The maximum Gasteiger partial charge on any atom is 0.338 e. The van der Waals surface area contributed by atoms with Crippen molar-refractivity contribution in [1.29, 1.82) is 0 Å². The summed E-state index contributed by atoms with van der Waals surface area (Å²) in [6.45, 7) is 5.59. The maximum atomic E-state index is 14.0. The number of benzene rings is 3. The van der Waals surface area contributed by atoms with Gasteiger partial charge in [-0.3, -0.25) is 9.36 Å². The van der Waals surface area contributed by atoms with Gasteiger partial charge in [-0.2, -0.15) is 0 Å². The van der Waals surface area contributed by atoms with Crippen molar-refractivity contribution in [3.05, 3.63) is 118 Å². The number of thiazole rings is 1. The first-order valence-corrected chi connectivity index (χ1v) is 16.5. The van der Waals surface area contributed by atoms with Gasteiger partial charge in [0.25, 0.3) is 5.56 Å². The van der Waals surface area contributed by atoms with Gasteiger partial charge < -0.3 is 14.2 Å². The fourth-order valence-electron chi connectivity index (χ4n) is 4.80. The minimum Gasteiger partial charge on any atom is -0.493 e. The molecule has 4 aromatic rings. The molecule has 0 N–H and O–H groups in total. The van der Waals surface area contributed by atoms with Gasteiger partial charge in [0.15, 0.2) is 16.3 Å². The Morgan fingerprint density at radius 2 is 1.84 bits per heavy atom. The number of rotatable bonds is 9. The van der Waals surface area contributed by atoms with Crippen LogP contribution in [0.5, 0.6) is 11.5 Å². The molecule has 0 aliphatic carbocycles. The summed E-state index contributed by atoms with van der Waals surface area (Å²) in [4.78, 5) is 33.6. The van der Waals surface area contributed by atoms with Crippen molar-refractivity contribution in [3.63, 3.8) is 0 Å². The van der Waals surface area contributed by atoms with E-state index in [4.69, 9.17) is 37.4 Å². The number of nitrogens with zero attached hydrogens (tertiary/aromatic N) is 2. The lowest BCUT2D eigenvalue weighted by molar-refractivity contribution is -0.143. The van der Waals surface area contributed by atoms with Crippen LogP contribution < -0.4 is 24.4 Å². The molecule has 7 nitrogen and oxygen atoms in total. The van der Waals surface area contributed by atoms with Crippen LogP contribution in [0, 0.1) is 0 Å². The summed E-state index contributed by atoms with van der Waals surface area (Å²) in [6.07, 6.45) is 3.46. The zero-order chi connectivity index (χ0) is 31.5. The lowest BCUT2D eigenvalue weighted by atomic mass is 9.96. The van der Waals surface area contributed by atoms with E-state index in [0.717, 1.165) is 21.6 Å². The molecule has 0 spiro atoms. The molecule has 1 aromatic heterocycles. The van der Waals surface area contributed by atoms with Crippen molar-refractivity contribution < 1.29 is 19.0 Å². The van der Waals surface area contributed by atoms with E-state index >= 15 is 0 Å². The van der Waals surface area contributed by atoms with Crippen molar-refractivity contribution in [3.8, 4) is 11.5 Å². The molecule has 0 saturated carbocycles. The van der Waals surface area contributed by atoms with Gasteiger partial charge >= 0.3 is 5.97 Å². The second kappa shape index (κ2) is 13.6. The Kier molecular flexibility index (Phi) is 9.90. The van der Waals surface area contributed by atoms with Gasteiger partial charge in [-0.1, -0.05) is 58.8 Å². The molecule has 1 aliphatic heterocycles. The molecule has 2 heterocycles. The molecule has 0 bridgehead atoms. The van der Waals surface area contributed by atoms with Gasteiger partial charge in [-0.15, -0.1) is 11.8 Å². The van der Waals surface area contributed by atoms with Crippen molar-refractivity contribution in [2.24, 2.45) is 4.99 Å². The Hall–Kier alpha value is -3.50. The lowest BCUT2D eigenvalue weighted by Crippen LogP contribution is -2.40. The van der Waals surface area contributed by atoms with E-state index in [9.17, 15) is 9.59 Å². The number of carbonyl (C=O) groups excluding carboxylic acids is 1. The molecule has 5 rings (SSSR count). The molecular weight excluding hydrogens is 639 g/mol. The Morgan fingerprint density at radius 3 is 2.50 bits per heavy atom. The van der Waals surface area contributed by atoms with E-state index in [1.165, 1.54) is 11.3 Å². The molecular formula is C33H30Cl2N2O5S2. The SMILES string of the molecule is COc1cc(/C=c2\sc3n(c2=O)[C@H](c2ccc(SC)cc2)C(C(=O)OC(C)C)=C(C)N=3)ccc1OCc1ccc(Cl)cc1Cl. The van der Waals surface area contributed by atoms with Gasteiger partial charge in [-0.05, 0) is 80.6 Å². The second-order valence-corrected chi connectivity index (χ2v) is 13.0. The monoisotopic (exact) mass is 668 g/mol. The molecule has 0 unspecified atom stereocenters. The average molecular weight is 670 g/mol. The number of esters is 1. The second-order valence-electron chi connectivity index (χ2n) is 10.2. The van der Waals surface area contributed by atoms with E-state index in [1.807, 2.05) is 42.7 Å². The van der Waals surface area contributed by atoms with E-state index in [-0.39, 0.29) is 18.3 Å². The summed E-state index contributed by atoms with van der Waals surface area (Å²) in [6, 6.07) is 17.8. The van der Waals surface area contributed by atoms with Crippen LogP contribution in [-0.2, 0) is 16.1 Å². The molecule has 3 aromatic carbocycles. The molecule has 1 atom stereocenters. The van der Waals surface area contributed by atoms with E-state index in [1.54, 1.807) is 74.6 Å². The van der Waals surface area contributed by atoms with E-state index < -0.39 is 12.0 Å². The molecule has 0 saturated heterocycles. The number of carbonyl (C=O) groups is 1. The predicted octanol–water partition coefficient (Wildman–Crippen LogP) is 6.80. The van der Waals surface area contributed by atoms with Gasteiger partial charge in [0.1, 0.15) is 6.61 Å². The van der Waals surface area contributed by atoms with Crippen LogP contribution in [0.1, 0.15) is 43.5 Å². The smallest absolute Gasteiger partial charge is 0.338 e. The zero-order valence-corrected chi connectivity index (χ0v) is 27.9. The van der Waals surface area contributed by atoms with Crippen LogP contribution in [0.4, 0.5) is 0 Å². The first-order chi connectivity index (χ1) is 21.1. The standard InChI is InChI=1S/C33H30Cl2N2O5S2/c1-18(2)42-32(39)29-19(3)36-33-37(30(29)21-8-11-24(43-5)12-9-21)31(38)28(44-33)15-20-6-13-26(27(14-20)40-4)41-17-22-7-10-23(34)16-25(22)35/h6-16,18,30H,17H2,1-5H3/b28-15-/t30-/m1/s1. The fraction of sp³-hybridized carbons (Fsp3) is 0.242. The Balaban J connectivity index is 1.53. The Labute approximate surface area is 273 Å². The summed E-state index contributed by atoms with van der Waals surface area (Å²) >= 11 is 15.2. The van der Waals surface area contributed by atoms with Crippen molar-refractivity contribution in [2.45, 2.75) is 44.4 Å². The molecule has 1 aliphatic rings. The quantitative estimate of drug-likeness (QED) is 0.144. The van der Waals surface area contributed by atoms with Gasteiger partial charge in [0, 0.05) is 20.5 Å². The highest BCUT2D eigenvalue weighted by Gasteiger charge is 2.33. The number of allylic oxidation sites excluding steroid dienone is 1. The van der Waals surface area contributed by atoms with Gasteiger partial charge in [0.2, 0.25) is 0 Å². The summed E-state index contributed by atoms with van der Waals surface area (Å²) in [5, 5.41) is 1.06. The van der Waals surface area contributed by atoms with E-state index in [2.05, 4.69) is 4.99 Å². The number of methoxy groups -OCH3 is 1. The molecule has 0 amide bonds. The van der Waals surface area contributed by atoms with Crippen molar-refractivity contribution in [2.75, 3.05) is 13.4 Å². The normalized spacial score (nSPS) is 14.8. The summed E-state index contributed by atoms with van der Waals surface area (Å²) in [7, 11) is 1.55. The van der Waals surface area contributed by atoms with Gasteiger partial charge in [0.05, 0.1) is 35.1 Å². The Morgan fingerprint density at radius 1 is 1.09 bits per heavy atom. The predicted molar refractivity (Wildman–Crippen MR) is 177 cm³/mol. The third-order valence-corrected chi connectivity index (χ3v) is 9.21. The van der Waals surface area contributed by atoms with Crippen molar-refractivity contribution in [1.82, 2.24) is 4.57 Å². The zero-order valence-electron chi connectivity index (χ0n) is 24.7. The highest BCUT2D eigenvalue weighted by atomic mass is 35.5. The average Bonchev–Trinajstić information content (AvgIpc) is 3.29. The summed E-state index contributed by atoms with van der Waals surface area (Å²) in [5.41, 5.74) is 2.92. The number of aromatic nitrogens is 1. The largest absolute Gasteiger partial charge is 0.493 e. The van der Waals surface area contributed by atoms with E-state index in [0.29, 0.717) is 42.1 Å². The third-order valence-electron chi connectivity index (χ3n) is 6.90. The number of hydrogen-bond donors (Lipinski definition) is 0. The number of hydrogen-bond acceptors (Lipinski definition) is 8. The third kappa shape index (κ3) is 6.76. The summed E-state index contributed by atoms with van der Waals surface area (Å²) < 4.78 is 19.2. The van der Waals surface area contributed by atoms with Gasteiger partial charge in [-0.25, -0.2) is 9.79 Å². The molecule has 44 heavy (non-hydrogen) atoms. The molecule has 0 fully saturated rings. The fourth-order valence-corrected chi connectivity index (χ4v) is 6.72. The number of fused-ring (bicyclic) bond motifs is 1. The van der Waals surface area contributed by atoms with Crippen LogP contribution in [0.2, 0.25) is 10.0 Å². The minimum atomic E-state index is -0.680. The number of thioether (sulfide) groups is 1. The molecule has 11 heteroatoms. The highest BCUT2D eigenvalue weighted by Crippen LogP contribution is 2.33. The maximum absolute atomic E-state index is 14.0. The molecule has 0 radical (unpaired) electrons. The van der Waals surface area contributed by atoms with Crippen LogP contribution in [0.3, 0.4) is 0 Å². The van der Waals surface area contributed by atoms with Crippen LogP contribution in [0.15, 0.2) is 86.6 Å². The van der Waals surface area contributed by atoms with Crippen LogP contribution in [-0.4, -0.2) is 30.0 Å². The van der Waals surface area contributed by atoms with Crippen LogP contribution >= 0.6 is 46.3 Å². The van der Waals surface area contributed by atoms with Crippen LogP contribution in [0.25, 0.3) is 6.08 Å². The first kappa shape index (κ1) is 31.9. The Bertz CT molecular complexity index is 1930. The topological polar surface area (TPSA) is 79.1 Å². The number of halogens is 2. The lowest BCUT2D eigenvalue weighted by Gasteiger charge is -2.25. The molecule has 228 valence electrons.